The molecule has 6 nitrogen and oxygen atoms in total. The van der Waals surface area contributed by atoms with Crippen LogP contribution in [-0.2, 0) is 11.3 Å². The second kappa shape index (κ2) is 8.16. The highest BCUT2D eigenvalue weighted by Gasteiger charge is 2.33. The number of allylic oxidation sites excluding steroid dienone is 1. The van der Waals surface area contributed by atoms with Crippen LogP contribution in [0, 0.1) is 12.3 Å². The molecule has 1 N–H and O–H groups in total. The molecular formula is C25H22N4O2S. The maximum atomic E-state index is 12.7. The van der Waals surface area contributed by atoms with Gasteiger partial charge in [-0.1, -0.05) is 48.2 Å². The Balaban J connectivity index is 1.45. The predicted molar refractivity (Wildman–Crippen MR) is 130 cm³/mol. The zero-order valence-corrected chi connectivity index (χ0v) is 18.6. The number of amidine groups is 2. The van der Waals surface area contributed by atoms with Gasteiger partial charge >= 0.3 is 0 Å². The normalized spacial score (nSPS) is 17.1. The quantitative estimate of drug-likeness (QED) is 0.552. The first kappa shape index (κ1) is 20.3. The van der Waals surface area contributed by atoms with Gasteiger partial charge in [-0.05, 0) is 37.6 Å². The number of nitrogens with zero attached hydrogens (tertiary/aromatic N) is 3. The van der Waals surface area contributed by atoms with Gasteiger partial charge in [-0.15, -0.1) is 0 Å². The summed E-state index contributed by atoms with van der Waals surface area (Å²) in [7, 11) is 0. The van der Waals surface area contributed by atoms with Gasteiger partial charge < -0.3 is 9.30 Å². The topological polar surface area (TPSA) is 70.7 Å². The minimum atomic E-state index is -0.378. The van der Waals surface area contributed by atoms with Crippen molar-refractivity contribution in [1.82, 2.24) is 9.47 Å². The molecule has 0 saturated carbocycles. The molecule has 0 unspecified atom stereocenters. The van der Waals surface area contributed by atoms with E-state index in [1.165, 1.54) is 11.8 Å². The molecule has 0 atom stereocenters. The van der Waals surface area contributed by atoms with Crippen LogP contribution in [0.3, 0.4) is 0 Å². The van der Waals surface area contributed by atoms with Crippen LogP contribution in [0.15, 0.2) is 76.4 Å². The molecule has 2 aliphatic rings. The molecule has 1 aromatic heterocycles. The first-order valence-electron chi connectivity index (χ1n) is 10.4. The predicted octanol–water partition coefficient (Wildman–Crippen LogP) is 5.20. The van der Waals surface area contributed by atoms with Gasteiger partial charge in [0.15, 0.2) is 5.17 Å². The summed E-state index contributed by atoms with van der Waals surface area (Å²) in [5.41, 5.74) is 3.34. The maximum Gasteiger partial charge on any atom is 0.283 e. The second-order valence-electron chi connectivity index (χ2n) is 7.73. The Labute approximate surface area is 190 Å². The first-order valence-corrected chi connectivity index (χ1v) is 11.2. The number of ether oxygens (including phenoxy) is 1. The molecule has 2 aliphatic heterocycles. The number of thioether (sulfide) groups is 1. The summed E-state index contributed by atoms with van der Waals surface area (Å²) < 4.78 is 8.11. The zero-order chi connectivity index (χ0) is 22.2. The van der Waals surface area contributed by atoms with Crippen LogP contribution in [-0.4, -0.2) is 33.0 Å². The van der Waals surface area contributed by atoms with Crippen molar-refractivity contribution >= 4 is 45.7 Å². The lowest BCUT2D eigenvalue weighted by Crippen LogP contribution is -2.35. The van der Waals surface area contributed by atoms with Crippen LogP contribution in [0.2, 0.25) is 0 Å². The van der Waals surface area contributed by atoms with Gasteiger partial charge in [-0.25, -0.2) is 0 Å². The van der Waals surface area contributed by atoms with Gasteiger partial charge in [0.25, 0.3) is 5.91 Å². The maximum absolute atomic E-state index is 12.7. The number of carbonyl (C=O) groups excluding carboxylic acids is 1. The van der Waals surface area contributed by atoms with Crippen LogP contribution in [0.25, 0.3) is 17.0 Å². The van der Waals surface area contributed by atoms with Gasteiger partial charge in [-0.2, -0.15) is 4.99 Å². The summed E-state index contributed by atoms with van der Waals surface area (Å²) in [5.74, 6) is 0.661. The molecule has 1 amide bonds. The molecule has 0 fully saturated rings. The summed E-state index contributed by atoms with van der Waals surface area (Å²) in [5, 5.41) is 10.1. The molecule has 0 aliphatic carbocycles. The second-order valence-corrected chi connectivity index (χ2v) is 8.94. The smallest absolute Gasteiger partial charge is 0.283 e. The third-order valence-corrected chi connectivity index (χ3v) is 6.39. The van der Waals surface area contributed by atoms with E-state index in [1.807, 2.05) is 68.7 Å². The Kier molecular flexibility index (Phi) is 5.19. The van der Waals surface area contributed by atoms with E-state index in [1.54, 1.807) is 11.0 Å². The molecule has 7 heteroatoms. The van der Waals surface area contributed by atoms with Crippen molar-refractivity contribution in [1.29, 1.82) is 5.41 Å². The number of aromatic nitrogens is 1. The average Bonchev–Trinajstić information content (AvgIpc) is 3.33. The highest BCUT2D eigenvalue weighted by atomic mass is 32.2. The zero-order valence-electron chi connectivity index (χ0n) is 17.8. The fourth-order valence-electron chi connectivity index (χ4n) is 3.90. The van der Waals surface area contributed by atoms with Crippen molar-refractivity contribution < 1.29 is 9.53 Å². The number of rotatable bonds is 5. The van der Waals surface area contributed by atoms with E-state index in [0.29, 0.717) is 23.9 Å². The lowest BCUT2D eigenvalue weighted by molar-refractivity contribution is -0.114. The number of para-hydroxylation sites is 2. The lowest BCUT2D eigenvalue weighted by atomic mass is 10.1. The van der Waals surface area contributed by atoms with Crippen LogP contribution in [0.1, 0.15) is 18.1 Å². The third-order valence-electron chi connectivity index (χ3n) is 5.50. The third kappa shape index (κ3) is 3.65. The number of aliphatic imine (C=N–C) groups is 1. The Hall–Kier alpha value is -3.58. The van der Waals surface area contributed by atoms with E-state index in [2.05, 4.69) is 15.6 Å². The largest absolute Gasteiger partial charge is 0.491 e. The fraction of sp³-hybridized carbons (Fsp3) is 0.160. The molecule has 160 valence electrons. The number of fused-ring (bicyclic) bond motifs is 2. The molecule has 0 spiro atoms. The average molecular weight is 443 g/mol. The van der Waals surface area contributed by atoms with Crippen molar-refractivity contribution in [3.63, 3.8) is 0 Å². The van der Waals surface area contributed by atoms with Crippen LogP contribution < -0.4 is 4.74 Å². The summed E-state index contributed by atoms with van der Waals surface area (Å²) in [6.07, 6.45) is 5.63. The number of nitrogens with one attached hydrogen (secondary N) is 1. The van der Waals surface area contributed by atoms with Crippen LogP contribution >= 0.6 is 11.8 Å². The summed E-state index contributed by atoms with van der Waals surface area (Å²) in [6, 6.07) is 16.0. The molecule has 5 rings (SSSR count). The first-order chi connectivity index (χ1) is 15.5. The Morgan fingerprint density at radius 2 is 1.91 bits per heavy atom. The molecule has 0 saturated heterocycles. The number of hydrogen-bond donors (Lipinski definition) is 1. The number of amides is 1. The Morgan fingerprint density at radius 3 is 2.75 bits per heavy atom. The molecule has 32 heavy (non-hydrogen) atoms. The molecular weight excluding hydrogens is 420 g/mol. The summed E-state index contributed by atoms with van der Waals surface area (Å²) in [6.45, 7) is 5.16. The minimum Gasteiger partial charge on any atom is -0.491 e. The van der Waals surface area contributed by atoms with Gasteiger partial charge in [0.2, 0.25) is 0 Å². The van der Waals surface area contributed by atoms with E-state index in [0.717, 1.165) is 32.7 Å². The highest BCUT2D eigenvalue weighted by molar-refractivity contribution is 8.17. The van der Waals surface area contributed by atoms with Gasteiger partial charge in [-0.3, -0.25) is 15.1 Å². The SMILES string of the molecule is CC1=CN2C(=N)/C(=C/c3cn(CCOc4ccccc4C)c4ccccc34)C(=O)N=C2S1. The van der Waals surface area contributed by atoms with Crippen molar-refractivity contribution in [2.75, 3.05) is 6.61 Å². The number of carbonyl (C=O) groups is 1. The fourth-order valence-corrected chi connectivity index (χ4v) is 4.72. The van der Waals surface area contributed by atoms with Crippen molar-refractivity contribution in [3.05, 3.63) is 82.5 Å². The van der Waals surface area contributed by atoms with E-state index in [-0.39, 0.29) is 11.7 Å². The van der Waals surface area contributed by atoms with Gasteiger partial charge in [0.1, 0.15) is 18.2 Å². The number of aryl methyl sites for hydroxylation is 1. The molecule has 3 heterocycles. The lowest BCUT2D eigenvalue weighted by Gasteiger charge is -2.22. The van der Waals surface area contributed by atoms with Crippen LogP contribution in [0.4, 0.5) is 0 Å². The molecule has 2 aromatic carbocycles. The highest BCUT2D eigenvalue weighted by Crippen LogP contribution is 2.33. The monoisotopic (exact) mass is 442 g/mol. The van der Waals surface area contributed by atoms with Gasteiger partial charge in [0.05, 0.1) is 12.1 Å². The standard InChI is InChI=1S/C25H22N4O2S/c1-16-7-3-6-10-22(16)31-12-11-28-15-18(19-8-4-5-9-21(19)28)13-20-23(26)29-14-17(2)32-25(29)27-24(20)30/h3-10,13-15,26H,11-12H2,1-2H3/b20-13-,26-23?. The molecule has 3 aromatic rings. The number of benzene rings is 2. The van der Waals surface area contributed by atoms with E-state index < -0.39 is 0 Å². The summed E-state index contributed by atoms with van der Waals surface area (Å²) in [4.78, 5) is 19.5. The molecule has 0 radical (unpaired) electrons. The van der Waals surface area contributed by atoms with Crippen molar-refractivity contribution in [3.8, 4) is 5.75 Å². The van der Waals surface area contributed by atoms with E-state index in [4.69, 9.17) is 10.1 Å². The summed E-state index contributed by atoms with van der Waals surface area (Å²) >= 11 is 1.41. The van der Waals surface area contributed by atoms with Gasteiger partial charge in [0, 0.05) is 33.8 Å². The van der Waals surface area contributed by atoms with E-state index >= 15 is 0 Å². The van der Waals surface area contributed by atoms with Crippen LogP contribution in [0.5, 0.6) is 5.75 Å². The minimum absolute atomic E-state index is 0.157. The Morgan fingerprint density at radius 1 is 1.12 bits per heavy atom. The Bertz CT molecular complexity index is 1350. The van der Waals surface area contributed by atoms with Crippen molar-refractivity contribution in [2.45, 2.75) is 20.4 Å². The van der Waals surface area contributed by atoms with Crippen molar-refractivity contribution in [2.24, 2.45) is 4.99 Å². The number of hydrogen-bond acceptors (Lipinski definition) is 4. The van der Waals surface area contributed by atoms with E-state index in [9.17, 15) is 4.79 Å². The molecule has 0 bridgehead atoms.